The van der Waals surface area contributed by atoms with Crippen molar-refractivity contribution in [1.82, 2.24) is 0 Å². The first-order chi connectivity index (χ1) is 27.0. The summed E-state index contributed by atoms with van der Waals surface area (Å²) in [6, 6.07) is 0. The molecule has 6 atom stereocenters. The summed E-state index contributed by atoms with van der Waals surface area (Å²) in [6.45, 7) is 3.72. The molecule has 1 aliphatic rings. The summed E-state index contributed by atoms with van der Waals surface area (Å²) in [5.74, 6) is -2.00. The van der Waals surface area contributed by atoms with Gasteiger partial charge in [0.2, 0.25) is 0 Å². The number of unbranched alkanes of at least 4 members (excludes halogenated alkanes) is 22. The fraction of sp³-hybridized carbons (Fsp3) is 0.884. The Kier molecular flexibility index (Phi) is 31.8. The van der Waals surface area contributed by atoms with Gasteiger partial charge >= 0.3 is 11.9 Å². The zero-order valence-corrected chi connectivity index (χ0v) is 35.6. The van der Waals surface area contributed by atoms with Crippen LogP contribution in [-0.2, 0) is 38.7 Å². The van der Waals surface area contributed by atoms with Crippen LogP contribution in [-0.4, -0.2) is 96.0 Å². The van der Waals surface area contributed by atoms with Gasteiger partial charge in [-0.3, -0.25) is 14.1 Å². The zero-order chi connectivity index (χ0) is 41.3. The summed E-state index contributed by atoms with van der Waals surface area (Å²) in [7, 11) is -4.60. The zero-order valence-electron chi connectivity index (χ0n) is 34.8. The summed E-state index contributed by atoms with van der Waals surface area (Å²) < 4.78 is 54.0. The van der Waals surface area contributed by atoms with Gasteiger partial charge in [-0.25, -0.2) is 0 Å². The Morgan fingerprint density at radius 1 is 0.625 bits per heavy atom. The van der Waals surface area contributed by atoms with Gasteiger partial charge in [-0.1, -0.05) is 136 Å². The van der Waals surface area contributed by atoms with Crippen molar-refractivity contribution in [3.8, 4) is 0 Å². The maximum absolute atomic E-state index is 12.8. The van der Waals surface area contributed by atoms with Crippen LogP contribution in [0.3, 0.4) is 0 Å². The third kappa shape index (κ3) is 28.6. The minimum absolute atomic E-state index is 0.164. The molecule has 2 unspecified atom stereocenters. The second-order valence-electron chi connectivity index (χ2n) is 15.5. The van der Waals surface area contributed by atoms with Gasteiger partial charge in [0.05, 0.1) is 6.61 Å². The van der Waals surface area contributed by atoms with Crippen LogP contribution in [0.15, 0.2) is 17.9 Å². The molecule has 1 saturated heterocycles. The van der Waals surface area contributed by atoms with Crippen LogP contribution in [0.5, 0.6) is 0 Å². The van der Waals surface area contributed by atoms with E-state index in [1.807, 2.05) is 0 Å². The third-order valence-electron chi connectivity index (χ3n) is 10.1. The number of ether oxygens (including phenoxy) is 4. The van der Waals surface area contributed by atoms with Crippen LogP contribution >= 0.6 is 0 Å². The lowest BCUT2D eigenvalue weighted by Crippen LogP contribution is -2.60. The van der Waals surface area contributed by atoms with Gasteiger partial charge in [-0.05, 0) is 50.7 Å². The molecule has 13 heteroatoms. The predicted molar refractivity (Wildman–Crippen MR) is 219 cm³/mol. The number of aliphatic hydroxyl groups is 3. The number of esters is 2. The fourth-order valence-corrected chi connectivity index (χ4v) is 7.34. The van der Waals surface area contributed by atoms with E-state index >= 15 is 0 Å². The lowest BCUT2D eigenvalue weighted by molar-refractivity contribution is -0.297. The van der Waals surface area contributed by atoms with Crippen molar-refractivity contribution in [2.75, 3.05) is 19.0 Å². The van der Waals surface area contributed by atoms with E-state index in [1.165, 1.54) is 89.9 Å². The first kappa shape index (κ1) is 52.2. The molecule has 1 heterocycles. The molecule has 0 spiro atoms. The Morgan fingerprint density at radius 2 is 1.07 bits per heavy atom. The molecule has 0 amide bonds. The molecule has 0 aromatic rings. The van der Waals surface area contributed by atoms with Crippen LogP contribution in [0.2, 0.25) is 0 Å². The topological polar surface area (TPSA) is 186 Å². The second-order valence-corrected chi connectivity index (χ2v) is 17.0. The molecule has 0 aromatic heterocycles. The molecule has 56 heavy (non-hydrogen) atoms. The molecule has 0 radical (unpaired) electrons. The van der Waals surface area contributed by atoms with Crippen molar-refractivity contribution < 1.29 is 56.8 Å². The number of aliphatic hydroxyl groups excluding tert-OH is 3. The molecule has 0 aromatic carbocycles. The second kappa shape index (κ2) is 34.1. The van der Waals surface area contributed by atoms with E-state index in [9.17, 15) is 37.9 Å². The summed E-state index contributed by atoms with van der Waals surface area (Å²) >= 11 is 0. The molecule has 0 saturated carbocycles. The highest BCUT2D eigenvalue weighted by Crippen LogP contribution is 2.24. The van der Waals surface area contributed by atoms with Gasteiger partial charge < -0.3 is 34.3 Å². The summed E-state index contributed by atoms with van der Waals surface area (Å²) in [4.78, 5) is 25.3. The van der Waals surface area contributed by atoms with Crippen LogP contribution in [0.4, 0.5) is 0 Å². The summed E-state index contributed by atoms with van der Waals surface area (Å²) in [6.07, 6.45) is 23.2. The van der Waals surface area contributed by atoms with Crippen LogP contribution in [0.1, 0.15) is 187 Å². The van der Waals surface area contributed by atoms with Gasteiger partial charge in [0.15, 0.2) is 12.4 Å². The van der Waals surface area contributed by atoms with Crippen molar-refractivity contribution in [2.45, 2.75) is 224 Å². The van der Waals surface area contributed by atoms with Gasteiger partial charge in [0.1, 0.15) is 36.8 Å². The lowest BCUT2D eigenvalue weighted by Gasteiger charge is -2.40. The number of carbonyl (C=O) groups is 2. The molecule has 0 bridgehead atoms. The Hall–Kier alpha value is -1.83. The van der Waals surface area contributed by atoms with E-state index in [1.54, 1.807) is 0 Å². The highest BCUT2D eigenvalue weighted by atomic mass is 32.2. The first-order valence-electron chi connectivity index (χ1n) is 22.0. The quantitative estimate of drug-likeness (QED) is 0.0205. The van der Waals surface area contributed by atoms with Crippen molar-refractivity contribution >= 4 is 22.1 Å². The smallest absolute Gasteiger partial charge is 0.306 e. The molecule has 4 N–H and O–H groups in total. The average molecular weight is 819 g/mol. The van der Waals surface area contributed by atoms with E-state index in [4.69, 9.17) is 18.9 Å². The molecule has 328 valence electrons. The van der Waals surface area contributed by atoms with Crippen LogP contribution < -0.4 is 0 Å². The first-order valence-corrected chi connectivity index (χ1v) is 23.6. The van der Waals surface area contributed by atoms with Gasteiger partial charge in [0.25, 0.3) is 10.1 Å². The molecule has 12 nitrogen and oxygen atoms in total. The number of allylic oxidation sites excluding steroid dienone is 1. The maximum Gasteiger partial charge on any atom is 0.306 e. The Morgan fingerprint density at radius 3 is 1.55 bits per heavy atom. The van der Waals surface area contributed by atoms with E-state index < -0.39 is 71.2 Å². The predicted octanol–water partition coefficient (Wildman–Crippen LogP) is 8.44. The van der Waals surface area contributed by atoms with Crippen molar-refractivity contribution in [1.29, 1.82) is 0 Å². The van der Waals surface area contributed by atoms with E-state index in [0.717, 1.165) is 57.8 Å². The maximum atomic E-state index is 12.8. The fourth-order valence-electron chi connectivity index (χ4n) is 6.65. The normalized spacial score (nSPS) is 20.3. The SMILES string of the molecule is CCCCCCCC=C=CCCCCCCCC(=O)OC[C@H](CO[C@H]1O[C@H](CS(=O)(=O)O)[C@@H](O)C(O)C1O)OC(=O)CCCCCCCCCCCCCCC. The molecule has 1 rings (SSSR count). The van der Waals surface area contributed by atoms with Crippen molar-refractivity contribution in [2.24, 2.45) is 0 Å². The van der Waals surface area contributed by atoms with Crippen LogP contribution in [0.25, 0.3) is 0 Å². The number of hydrogen-bond acceptors (Lipinski definition) is 11. The Bertz CT molecular complexity index is 1160. The molecular formula is C43H78O12S. The Balaban J connectivity index is 2.48. The third-order valence-corrected chi connectivity index (χ3v) is 10.9. The van der Waals surface area contributed by atoms with Crippen LogP contribution in [0, 0.1) is 0 Å². The number of rotatable bonds is 36. The largest absolute Gasteiger partial charge is 0.462 e. The van der Waals surface area contributed by atoms with E-state index in [-0.39, 0.29) is 19.4 Å². The standard InChI is InChI=1S/C43H78O12S/c1-3-5-7-9-11-13-15-17-18-20-21-23-25-27-29-31-38(44)52-33-36(34-53-43-42(48)41(47)40(46)37(55-43)35-56(49,50)51)54-39(45)32-30-28-26-24-22-19-16-14-12-10-8-6-4-2/h15,18,36-37,40-43,46-48H,3-14,16,19-35H2,1-2H3,(H,49,50,51)/t17?,36-,37-,40-,41?,42?,43+/m1/s1. The number of hydrogen-bond donors (Lipinski definition) is 4. The van der Waals surface area contributed by atoms with Gasteiger partial charge in [0, 0.05) is 12.8 Å². The summed E-state index contributed by atoms with van der Waals surface area (Å²) in [5.41, 5.74) is 3.28. The van der Waals surface area contributed by atoms with Crippen molar-refractivity contribution in [3.05, 3.63) is 17.9 Å². The van der Waals surface area contributed by atoms with Crippen molar-refractivity contribution in [3.63, 3.8) is 0 Å². The highest BCUT2D eigenvalue weighted by Gasteiger charge is 2.46. The van der Waals surface area contributed by atoms with E-state index in [2.05, 4.69) is 31.7 Å². The Labute approximate surface area is 338 Å². The lowest BCUT2D eigenvalue weighted by atomic mass is 10.00. The minimum Gasteiger partial charge on any atom is -0.462 e. The highest BCUT2D eigenvalue weighted by molar-refractivity contribution is 7.85. The minimum atomic E-state index is -4.60. The average Bonchev–Trinajstić information content (AvgIpc) is 3.16. The monoisotopic (exact) mass is 819 g/mol. The molecular weight excluding hydrogens is 741 g/mol. The summed E-state index contributed by atoms with van der Waals surface area (Å²) in [5, 5.41) is 30.8. The molecule has 1 aliphatic heterocycles. The van der Waals surface area contributed by atoms with Gasteiger partial charge in [-0.2, -0.15) is 8.42 Å². The molecule has 1 fully saturated rings. The molecule has 0 aliphatic carbocycles. The van der Waals surface area contributed by atoms with Gasteiger partial charge in [-0.15, -0.1) is 5.73 Å². The number of carbonyl (C=O) groups excluding carboxylic acids is 2. The van der Waals surface area contributed by atoms with E-state index in [0.29, 0.717) is 12.8 Å².